The van der Waals surface area contributed by atoms with Crippen molar-refractivity contribution in [3.8, 4) is 11.8 Å². The van der Waals surface area contributed by atoms with Gasteiger partial charge in [-0.1, -0.05) is 18.8 Å². The van der Waals surface area contributed by atoms with Crippen LogP contribution in [0.1, 0.15) is 32.1 Å². The Morgan fingerprint density at radius 2 is 1.69 bits per heavy atom. The largest absolute Gasteiger partial charge is 0.308 e. The summed E-state index contributed by atoms with van der Waals surface area (Å²) in [5, 5.41) is 0. The van der Waals surface area contributed by atoms with E-state index in [1.54, 1.807) is 0 Å². The molecular formula is C14H26N2. The van der Waals surface area contributed by atoms with Crippen LogP contribution in [0.25, 0.3) is 0 Å². The van der Waals surface area contributed by atoms with E-state index in [2.05, 4.69) is 42.8 Å². The van der Waals surface area contributed by atoms with E-state index < -0.39 is 0 Å². The molecule has 0 aromatic carbocycles. The van der Waals surface area contributed by atoms with Crippen LogP contribution in [0.4, 0.5) is 0 Å². The van der Waals surface area contributed by atoms with Crippen LogP contribution in [0.2, 0.25) is 0 Å². The van der Waals surface area contributed by atoms with E-state index in [1.807, 2.05) is 0 Å². The summed E-state index contributed by atoms with van der Waals surface area (Å²) < 4.78 is 0. The molecule has 0 aliphatic heterocycles. The third kappa shape index (κ3) is 6.15. The molecular weight excluding hydrogens is 196 g/mol. The first-order valence-electron chi connectivity index (χ1n) is 6.47. The van der Waals surface area contributed by atoms with Crippen LogP contribution in [0.3, 0.4) is 0 Å². The monoisotopic (exact) mass is 222 g/mol. The van der Waals surface area contributed by atoms with Gasteiger partial charge in [-0.05, 0) is 39.9 Å². The fraction of sp³-hybridized carbons (Fsp3) is 0.857. The standard InChI is InChI=1S/C14H26N2/c1-15(2)12-13-16(3)11-7-6-10-14-8-4-5-9-14/h14H,4-5,8-13H2,1-3H3. The third-order valence-electron chi connectivity index (χ3n) is 3.27. The predicted molar refractivity (Wildman–Crippen MR) is 70.4 cm³/mol. The summed E-state index contributed by atoms with van der Waals surface area (Å²) in [6.07, 6.45) is 6.79. The summed E-state index contributed by atoms with van der Waals surface area (Å²) in [6.45, 7) is 3.13. The molecule has 0 N–H and O–H groups in total. The molecule has 0 amide bonds. The Balaban J connectivity index is 2.05. The first-order chi connectivity index (χ1) is 7.68. The molecule has 92 valence electrons. The van der Waals surface area contributed by atoms with Gasteiger partial charge in [0.25, 0.3) is 0 Å². The summed E-state index contributed by atoms with van der Waals surface area (Å²) >= 11 is 0. The Morgan fingerprint density at radius 3 is 2.31 bits per heavy atom. The van der Waals surface area contributed by atoms with Gasteiger partial charge in [-0.15, -0.1) is 5.92 Å². The Labute approximate surface area is 101 Å². The van der Waals surface area contributed by atoms with Crippen molar-refractivity contribution in [1.82, 2.24) is 9.80 Å². The normalized spacial score (nSPS) is 16.8. The van der Waals surface area contributed by atoms with Gasteiger partial charge in [0.05, 0.1) is 6.54 Å². The minimum atomic E-state index is 0.902. The highest BCUT2D eigenvalue weighted by atomic mass is 15.1. The molecule has 1 saturated carbocycles. The van der Waals surface area contributed by atoms with E-state index >= 15 is 0 Å². The van der Waals surface area contributed by atoms with Gasteiger partial charge in [-0.2, -0.15) is 0 Å². The van der Waals surface area contributed by atoms with Crippen LogP contribution in [0, 0.1) is 17.8 Å². The van der Waals surface area contributed by atoms with Crippen LogP contribution >= 0.6 is 0 Å². The van der Waals surface area contributed by atoms with Crippen LogP contribution in [0.5, 0.6) is 0 Å². The van der Waals surface area contributed by atoms with Gasteiger partial charge in [0.2, 0.25) is 0 Å². The van der Waals surface area contributed by atoms with E-state index in [1.165, 1.54) is 25.7 Å². The van der Waals surface area contributed by atoms with Crippen molar-refractivity contribution in [3.05, 3.63) is 0 Å². The smallest absolute Gasteiger partial charge is 0.0599 e. The Hall–Kier alpha value is -0.520. The fourth-order valence-corrected chi connectivity index (χ4v) is 2.07. The first kappa shape index (κ1) is 13.5. The minimum absolute atomic E-state index is 0.902. The fourth-order valence-electron chi connectivity index (χ4n) is 2.07. The Kier molecular flexibility index (Phi) is 6.52. The molecule has 0 spiro atoms. The number of rotatable bonds is 5. The second-order valence-electron chi connectivity index (χ2n) is 5.25. The van der Waals surface area contributed by atoms with Crippen molar-refractivity contribution >= 4 is 0 Å². The highest BCUT2D eigenvalue weighted by Gasteiger charge is 2.12. The van der Waals surface area contributed by atoms with Crippen molar-refractivity contribution in [1.29, 1.82) is 0 Å². The van der Waals surface area contributed by atoms with Gasteiger partial charge in [-0.25, -0.2) is 0 Å². The maximum atomic E-state index is 3.34. The third-order valence-corrected chi connectivity index (χ3v) is 3.27. The molecule has 0 aromatic rings. The van der Waals surface area contributed by atoms with E-state index in [4.69, 9.17) is 0 Å². The van der Waals surface area contributed by atoms with Crippen LogP contribution < -0.4 is 0 Å². The molecule has 0 aromatic heterocycles. The summed E-state index contributed by atoms with van der Waals surface area (Å²) in [6, 6.07) is 0. The summed E-state index contributed by atoms with van der Waals surface area (Å²) in [7, 11) is 6.37. The zero-order valence-electron chi connectivity index (χ0n) is 11.1. The zero-order valence-corrected chi connectivity index (χ0v) is 11.1. The lowest BCUT2D eigenvalue weighted by atomic mass is 10.1. The van der Waals surface area contributed by atoms with Gasteiger partial charge in [0.15, 0.2) is 0 Å². The second-order valence-corrected chi connectivity index (χ2v) is 5.25. The summed E-state index contributed by atoms with van der Waals surface area (Å²) in [5.41, 5.74) is 0. The SMILES string of the molecule is CN(C)CCN(C)CC#CCC1CCCC1. The van der Waals surface area contributed by atoms with E-state index in [0.29, 0.717) is 0 Å². The maximum absolute atomic E-state index is 3.34. The molecule has 0 bridgehead atoms. The molecule has 1 aliphatic rings. The zero-order chi connectivity index (χ0) is 11.8. The molecule has 0 atom stereocenters. The number of likely N-dealkylation sites (N-methyl/N-ethyl adjacent to an activating group) is 2. The van der Waals surface area contributed by atoms with Crippen molar-refractivity contribution in [3.63, 3.8) is 0 Å². The van der Waals surface area contributed by atoms with Crippen molar-refractivity contribution in [2.45, 2.75) is 32.1 Å². The lowest BCUT2D eigenvalue weighted by Crippen LogP contribution is -2.28. The molecule has 2 nitrogen and oxygen atoms in total. The van der Waals surface area contributed by atoms with Crippen LogP contribution in [-0.4, -0.2) is 50.6 Å². The van der Waals surface area contributed by atoms with Crippen LogP contribution in [0.15, 0.2) is 0 Å². The number of hydrogen-bond acceptors (Lipinski definition) is 2. The van der Waals surface area contributed by atoms with Crippen molar-refractivity contribution in [2.75, 3.05) is 40.8 Å². The average molecular weight is 222 g/mol. The Morgan fingerprint density at radius 1 is 1.00 bits per heavy atom. The number of hydrogen-bond donors (Lipinski definition) is 0. The molecule has 1 fully saturated rings. The minimum Gasteiger partial charge on any atom is -0.308 e. The molecule has 1 rings (SSSR count). The van der Waals surface area contributed by atoms with E-state index in [9.17, 15) is 0 Å². The summed E-state index contributed by atoms with van der Waals surface area (Å²) in [5.74, 6) is 7.54. The van der Waals surface area contributed by atoms with E-state index in [-0.39, 0.29) is 0 Å². The lowest BCUT2D eigenvalue weighted by molar-refractivity contribution is 0.304. The second kappa shape index (κ2) is 7.70. The van der Waals surface area contributed by atoms with Crippen molar-refractivity contribution in [2.24, 2.45) is 5.92 Å². The Bertz CT molecular complexity index is 231. The molecule has 1 aliphatic carbocycles. The lowest BCUT2D eigenvalue weighted by Gasteiger charge is -2.16. The van der Waals surface area contributed by atoms with Gasteiger partial charge in [-0.3, -0.25) is 4.90 Å². The molecule has 2 heteroatoms. The van der Waals surface area contributed by atoms with Gasteiger partial charge < -0.3 is 4.90 Å². The molecule has 16 heavy (non-hydrogen) atoms. The highest BCUT2D eigenvalue weighted by Crippen LogP contribution is 2.26. The molecule has 0 heterocycles. The maximum Gasteiger partial charge on any atom is 0.0599 e. The average Bonchev–Trinajstić information content (AvgIpc) is 2.74. The summed E-state index contributed by atoms with van der Waals surface area (Å²) in [4.78, 5) is 4.50. The van der Waals surface area contributed by atoms with Crippen LogP contribution in [-0.2, 0) is 0 Å². The van der Waals surface area contributed by atoms with Gasteiger partial charge in [0.1, 0.15) is 0 Å². The molecule has 0 saturated heterocycles. The van der Waals surface area contributed by atoms with Crippen molar-refractivity contribution < 1.29 is 0 Å². The predicted octanol–water partition coefficient (Wildman–Crippen LogP) is 2.06. The molecule has 0 radical (unpaired) electrons. The van der Waals surface area contributed by atoms with Gasteiger partial charge in [0, 0.05) is 19.5 Å². The van der Waals surface area contributed by atoms with E-state index in [0.717, 1.165) is 32.0 Å². The van der Waals surface area contributed by atoms with Gasteiger partial charge >= 0.3 is 0 Å². The first-order valence-corrected chi connectivity index (χ1v) is 6.47. The highest BCUT2D eigenvalue weighted by molar-refractivity contribution is 5.02. The molecule has 0 unspecified atom stereocenters. The quantitative estimate of drug-likeness (QED) is 0.657. The number of nitrogens with zero attached hydrogens (tertiary/aromatic N) is 2. The topological polar surface area (TPSA) is 6.48 Å².